The second-order valence-corrected chi connectivity index (χ2v) is 5.86. The summed E-state index contributed by atoms with van der Waals surface area (Å²) in [7, 11) is 0. The molecule has 1 amide bonds. The molecular formula is C15H22ClN3O2. The maximum absolute atomic E-state index is 12.3. The lowest BCUT2D eigenvalue weighted by atomic mass is 10.1. The third-order valence-corrected chi connectivity index (χ3v) is 3.84. The Morgan fingerprint density at radius 3 is 2.86 bits per heavy atom. The predicted octanol–water partition coefficient (Wildman–Crippen LogP) is 2.23. The highest BCUT2D eigenvalue weighted by molar-refractivity contribution is 6.29. The number of anilines is 1. The number of hydrogen-bond donors (Lipinski definition) is 2. The second kappa shape index (κ2) is 7.61. The van der Waals surface area contributed by atoms with Gasteiger partial charge in [-0.05, 0) is 44.7 Å². The van der Waals surface area contributed by atoms with Crippen LogP contribution in [-0.4, -0.2) is 41.7 Å². The highest BCUT2D eigenvalue weighted by atomic mass is 35.5. The van der Waals surface area contributed by atoms with Crippen molar-refractivity contribution in [2.75, 3.05) is 24.6 Å². The Labute approximate surface area is 130 Å². The molecule has 1 aromatic rings. The number of carbonyl (C=O) groups is 1. The normalized spacial score (nSPS) is 16.0. The number of aliphatic hydroxyl groups excluding tert-OH is 1. The van der Waals surface area contributed by atoms with E-state index >= 15 is 0 Å². The molecule has 1 atom stereocenters. The molecule has 0 radical (unpaired) electrons. The number of amides is 1. The van der Waals surface area contributed by atoms with Crippen molar-refractivity contribution in [3.63, 3.8) is 0 Å². The van der Waals surface area contributed by atoms with Crippen molar-refractivity contribution in [2.45, 2.75) is 38.6 Å². The molecule has 21 heavy (non-hydrogen) atoms. The molecule has 2 heterocycles. The van der Waals surface area contributed by atoms with Crippen molar-refractivity contribution < 1.29 is 9.90 Å². The number of halogens is 1. The molecule has 0 saturated carbocycles. The van der Waals surface area contributed by atoms with Gasteiger partial charge in [-0.2, -0.15) is 0 Å². The zero-order valence-corrected chi connectivity index (χ0v) is 13.1. The number of nitrogens with zero attached hydrogens (tertiary/aromatic N) is 2. The van der Waals surface area contributed by atoms with Crippen LogP contribution < -0.4 is 10.2 Å². The van der Waals surface area contributed by atoms with Crippen molar-refractivity contribution >= 4 is 23.3 Å². The van der Waals surface area contributed by atoms with Gasteiger partial charge in [-0.1, -0.05) is 11.6 Å². The van der Waals surface area contributed by atoms with Crippen LogP contribution >= 0.6 is 11.6 Å². The third kappa shape index (κ3) is 4.58. The fourth-order valence-corrected chi connectivity index (χ4v) is 2.70. The smallest absolute Gasteiger partial charge is 0.251 e. The maximum atomic E-state index is 12.3. The minimum Gasteiger partial charge on any atom is -0.396 e. The standard InChI is InChI=1S/C15H22ClN3O2/c1-11(5-4-8-20)17-15(21)12-9-13(16)18-14(10-12)19-6-2-3-7-19/h9-11,20H,2-8H2,1H3,(H,17,21). The van der Waals surface area contributed by atoms with Crippen LogP contribution in [0.3, 0.4) is 0 Å². The topological polar surface area (TPSA) is 65.5 Å². The number of aliphatic hydroxyl groups is 1. The molecule has 1 fully saturated rings. The number of hydrogen-bond acceptors (Lipinski definition) is 4. The maximum Gasteiger partial charge on any atom is 0.251 e. The average molecular weight is 312 g/mol. The van der Waals surface area contributed by atoms with Gasteiger partial charge in [0, 0.05) is 31.3 Å². The Kier molecular flexibility index (Phi) is 5.82. The lowest BCUT2D eigenvalue weighted by Gasteiger charge is -2.18. The number of pyridine rings is 1. The first-order valence-electron chi connectivity index (χ1n) is 7.44. The van der Waals surface area contributed by atoms with Crippen LogP contribution in [-0.2, 0) is 0 Å². The molecule has 6 heteroatoms. The van der Waals surface area contributed by atoms with Gasteiger partial charge in [-0.15, -0.1) is 0 Å². The summed E-state index contributed by atoms with van der Waals surface area (Å²) in [6.45, 7) is 3.99. The predicted molar refractivity (Wildman–Crippen MR) is 83.9 cm³/mol. The van der Waals surface area contributed by atoms with Gasteiger partial charge in [-0.25, -0.2) is 4.98 Å². The van der Waals surface area contributed by atoms with Crippen molar-refractivity contribution in [1.29, 1.82) is 0 Å². The molecule has 1 unspecified atom stereocenters. The van der Waals surface area contributed by atoms with Crippen LogP contribution in [0.5, 0.6) is 0 Å². The molecule has 1 aliphatic heterocycles. The van der Waals surface area contributed by atoms with E-state index in [-0.39, 0.29) is 18.6 Å². The minimum absolute atomic E-state index is 0.0202. The van der Waals surface area contributed by atoms with Gasteiger partial charge in [-0.3, -0.25) is 4.79 Å². The highest BCUT2D eigenvalue weighted by Crippen LogP contribution is 2.22. The first-order valence-corrected chi connectivity index (χ1v) is 7.82. The van der Waals surface area contributed by atoms with Crippen molar-refractivity contribution in [3.05, 3.63) is 22.8 Å². The van der Waals surface area contributed by atoms with Gasteiger partial charge in [0.25, 0.3) is 5.91 Å². The van der Waals surface area contributed by atoms with Crippen molar-refractivity contribution in [1.82, 2.24) is 10.3 Å². The molecule has 2 N–H and O–H groups in total. The van der Waals surface area contributed by atoms with E-state index in [0.29, 0.717) is 17.1 Å². The van der Waals surface area contributed by atoms with Crippen LogP contribution in [0.25, 0.3) is 0 Å². The number of carbonyl (C=O) groups excluding carboxylic acids is 1. The van der Waals surface area contributed by atoms with Gasteiger partial charge >= 0.3 is 0 Å². The van der Waals surface area contributed by atoms with E-state index in [1.807, 2.05) is 6.92 Å². The van der Waals surface area contributed by atoms with E-state index in [1.54, 1.807) is 12.1 Å². The Morgan fingerprint density at radius 1 is 1.48 bits per heavy atom. The monoisotopic (exact) mass is 311 g/mol. The molecular weight excluding hydrogens is 290 g/mol. The Bertz CT molecular complexity index is 490. The Balaban J connectivity index is 2.06. The van der Waals surface area contributed by atoms with Gasteiger partial charge in [0.05, 0.1) is 0 Å². The number of nitrogens with one attached hydrogen (secondary N) is 1. The molecule has 0 aliphatic carbocycles. The molecule has 116 valence electrons. The van der Waals surface area contributed by atoms with Gasteiger partial charge in [0.2, 0.25) is 0 Å². The van der Waals surface area contributed by atoms with Crippen LogP contribution in [0.4, 0.5) is 5.82 Å². The summed E-state index contributed by atoms with van der Waals surface area (Å²) in [5.74, 6) is 0.623. The summed E-state index contributed by atoms with van der Waals surface area (Å²) in [5.41, 5.74) is 0.535. The molecule has 0 bridgehead atoms. The molecule has 2 rings (SSSR count). The van der Waals surface area contributed by atoms with Gasteiger partial charge in [0.15, 0.2) is 0 Å². The van der Waals surface area contributed by atoms with Gasteiger partial charge in [0.1, 0.15) is 11.0 Å². The molecule has 5 nitrogen and oxygen atoms in total. The number of aromatic nitrogens is 1. The quantitative estimate of drug-likeness (QED) is 0.791. The fourth-order valence-electron chi connectivity index (χ4n) is 2.50. The summed E-state index contributed by atoms with van der Waals surface area (Å²) < 4.78 is 0. The SMILES string of the molecule is CC(CCCO)NC(=O)c1cc(Cl)nc(N2CCCC2)c1. The molecule has 0 aromatic carbocycles. The molecule has 1 aromatic heterocycles. The first-order chi connectivity index (χ1) is 10.1. The van der Waals surface area contributed by atoms with Crippen LogP contribution in [0.15, 0.2) is 12.1 Å². The Hall–Kier alpha value is -1.33. The summed E-state index contributed by atoms with van der Waals surface area (Å²) in [6.07, 6.45) is 3.72. The van der Waals surface area contributed by atoms with E-state index in [4.69, 9.17) is 16.7 Å². The van der Waals surface area contributed by atoms with E-state index in [9.17, 15) is 4.79 Å². The largest absolute Gasteiger partial charge is 0.396 e. The molecule has 0 spiro atoms. The van der Waals surface area contributed by atoms with E-state index < -0.39 is 0 Å². The molecule has 1 aliphatic rings. The average Bonchev–Trinajstić information content (AvgIpc) is 2.98. The Morgan fingerprint density at radius 2 is 2.19 bits per heavy atom. The first kappa shape index (κ1) is 16.0. The van der Waals surface area contributed by atoms with Crippen molar-refractivity contribution in [2.24, 2.45) is 0 Å². The number of rotatable bonds is 6. The van der Waals surface area contributed by atoms with Crippen LogP contribution in [0.1, 0.15) is 43.0 Å². The summed E-state index contributed by atoms with van der Waals surface area (Å²) >= 11 is 6.04. The van der Waals surface area contributed by atoms with E-state index in [1.165, 1.54) is 0 Å². The second-order valence-electron chi connectivity index (χ2n) is 5.47. The minimum atomic E-state index is -0.148. The summed E-state index contributed by atoms with van der Waals surface area (Å²) in [6, 6.07) is 3.41. The third-order valence-electron chi connectivity index (χ3n) is 3.65. The zero-order chi connectivity index (χ0) is 15.2. The highest BCUT2D eigenvalue weighted by Gasteiger charge is 2.17. The molecule has 1 saturated heterocycles. The van der Waals surface area contributed by atoms with E-state index in [2.05, 4.69) is 15.2 Å². The lowest BCUT2D eigenvalue weighted by Crippen LogP contribution is -2.33. The van der Waals surface area contributed by atoms with Crippen molar-refractivity contribution in [3.8, 4) is 0 Å². The zero-order valence-electron chi connectivity index (χ0n) is 12.3. The summed E-state index contributed by atoms with van der Waals surface area (Å²) in [5, 5.41) is 12.1. The van der Waals surface area contributed by atoms with Gasteiger partial charge < -0.3 is 15.3 Å². The van der Waals surface area contributed by atoms with Crippen LogP contribution in [0, 0.1) is 0 Å². The lowest BCUT2D eigenvalue weighted by molar-refractivity contribution is 0.0936. The van der Waals surface area contributed by atoms with Crippen LogP contribution in [0.2, 0.25) is 5.15 Å². The van der Waals surface area contributed by atoms with E-state index in [0.717, 1.165) is 38.2 Å². The fraction of sp³-hybridized carbons (Fsp3) is 0.600. The summed E-state index contributed by atoms with van der Waals surface area (Å²) in [4.78, 5) is 18.7.